The maximum Gasteiger partial charge on any atom is 0.167 e. The van der Waals surface area contributed by atoms with Crippen molar-refractivity contribution in [2.24, 2.45) is 0 Å². The van der Waals surface area contributed by atoms with E-state index in [0.717, 1.165) is 12.6 Å². The quantitative estimate of drug-likeness (QED) is 0.633. The van der Waals surface area contributed by atoms with Gasteiger partial charge >= 0.3 is 0 Å². The molecule has 0 spiro atoms. The lowest BCUT2D eigenvalue weighted by atomic mass is 10.1. The van der Waals surface area contributed by atoms with Gasteiger partial charge in [-0.2, -0.15) is 0 Å². The minimum Gasteiger partial charge on any atom is -0.389 e. The fourth-order valence-electron chi connectivity index (χ4n) is 2.70. The average molecular weight is 358 g/mol. The fraction of sp³-hybridized carbons (Fsp3) is 0.571. The van der Waals surface area contributed by atoms with Crippen LogP contribution in [0.1, 0.15) is 12.6 Å². The summed E-state index contributed by atoms with van der Waals surface area (Å²) >= 11 is 6.40. The zero-order chi connectivity index (χ0) is 16.8. The van der Waals surface area contributed by atoms with E-state index in [4.69, 9.17) is 22.1 Å². The maximum atomic E-state index is 10.4. The number of aromatic nitrogens is 4. The number of anilines is 1. The molecule has 0 aromatic carbocycles. The van der Waals surface area contributed by atoms with Crippen molar-refractivity contribution in [3.8, 4) is 0 Å². The highest BCUT2D eigenvalue weighted by molar-refractivity contribution is 7.72. The van der Waals surface area contributed by atoms with Gasteiger partial charge in [0.15, 0.2) is 17.7 Å². The summed E-state index contributed by atoms with van der Waals surface area (Å²) in [5, 5.41) is 9.81. The zero-order valence-corrected chi connectivity index (χ0v) is 14.8. The summed E-state index contributed by atoms with van der Waals surface area (Å²) < 4.78 is 7.71. The van der Waals surface area contributed by atoms with E-state index < -0.39 is 24.6 Å². The number of hydrogen-bond acceptors (Lipinski definition) is 6. The molecule has 3 N–H and O–H groups in total. The van der Waals surface area contributed by atoms with Gasteiger partial charge in [-0.15, -0.1) is 24.8 Å². The molecule has 23 heavy (non-hydrogen) atoms. The number of nitrogen functional groups attached to an aromatic ring is 1. The number of halogens is 1. The van der Waals surface area contributed by atoms with E-state index in [9.17, 15) is 5.11 Å². The second-order valence-electron chi connectivity index (χ2n) is 6.53. The van der Waals surface area contributed by atoms with Crippen molar-refractivity contribution >= 4 is 41.8 Å². The van der Waals surface area contributed by atoms with Crippen LogP contribution in [0.2, 0.25) is 0 Å². The van der Waals surface area contributed by atoms with Crippen molar-refractivity contribution < 1.29 is 9.84 Å². The van der Waals surface area contributed by atoms with Crippen LogP contribution < -0.4 is 5.73 Å². The third-order valence-electron chi connectivity index (χ3n) is 3.97. The first-order valence-corrected chi connectivity index (χ1v) is 10.8. The molecule has 9 heteroatoms. The Morgan fingerprint density at radius 2 is 2.17 bits per heavy atom. The first-order valence-electron chi connectivity index (χ1n) is 7.36. The largest absolute Gasteiger partial charge is 0.389 e. The molecule has 0 bridgehead atoms. The monoisotopic (exact) mass is 357 g/mol. The van der Waals surface area contributed by atoms with Gasteiger partial charge in [-0.1, -0.05) is 0 Å². The highest BCUT2D eigenvalue weighted by Gasteiger charge is 2.44. The summed E-state index contributed by atoms with van der Waals surface area (Å²) in [4.78, 5) is 12.3. The van der Waals surface area contributed by atoms with Gasteiger partial charge < -0.3 is 15.6 Å². The Hall–Kier alpha value is -1.14. The molecule has 7 nitrogen and oxygen atoms in total. The molecular formula is C14H21ClN5O2P. The van der Waals surface area contributed by atoms with Crippen LogP contribution >= 0.6 is 18.5 Å². The van der Waals surface area contributed by atoms with Gasteiger partial charge in [-0.25, -0.2) is 15.0 Å². The molecule has 0 aliphatic carbocycles. The smallest absolute Gasteiger partial charge is 0.167 e. The Labute approximate surface area is 139 Å². The van der Waals surface area contributed by atoms with Crippen molar-refractivity contribution in [2.45, 2.75) is 30.2 Å². The first kappa shape index (κ1) is 16.7. The second kappa shape index (κ2) is 6.06. The molecule has 2 aromatic heterocycles. The van der Waals surface area contributed by atoms with Crippen LogP contribution in [0.3, 0.4) is 0 Å². The van der Waals surface area contributed by atoms with Gasteiger partial charge in [-0.05, 0) is 25.9 Å². The van der Waals surface area contributed by atoms with Crippen LogP contribution in [0, 0.1) is 0 Å². The van der Waals surface area contributed by atoms with Crippen LogP contribution in [0.5, 0.6) is 0 Å². The summed E-state index contributed by atoms with van der Waals surface area (Å²) in [6.45, 7) is 3.14. The second-order valence-corrected chi connectivity index (χ2v) is 11.4. The van der Waals surface area contributed by atoms with Gasteiger partial charge in [0, 0.05) is 0 Å². The standard InChI is InChI=1S/C14H21ClN5O2P/c1-23(2,3)5-4-8-11(21)9(15)14(22-8)20-7-19-10-12(16)17-6-18-13(10)20/h6-9,11,14,21H,1,4-5H2,2-3H3,(H2,16,17,18)/t8-,9-,11-,14-/m1/s1. The maximum absolute atomic E-state index is 10.4. The normalized spacial score (nSPS) is 28.5. The molecule has 1 aliphatic heterocycles. The van der Waals surface area contributed by atoms with Crippen LogP contribution in [0.4, 0.5) is 5.82 Å². The predicted molar refractivity (Wildman–Crippen MR) is 94.7 cm³/mol. The Balaban J connectivity index is 1.85. The minimum atomic E-state index is -1.18. The zero-order valence-electron chi connectivity index (χ0n) is 13.1. The molecule has 2 aromatic rings. The molecule has 0 radical (unpaired) electrons. The molecule has 0 amide bonds. The van der Waals surface area contributed by atoms with Gasteiger partial charge in [0.05, 0.1) is 12.4 Å². The minimum absolute atomic E-state index is 0.304. The molecule has 1 fully saturated rings. The first-order chi connectivity index (χ1) is 10.8. The number of rotatable bonds is 4. The summed E-state index contributed by atoms with van der Waals surface area (Å²) in [7, 11) is 0. The van der Waals surface area contributed by atoms with Crippen molar-refractivity contribution in [2.75, 3.05) is 25.2 Å². The summed E-state index contributed by atoms with van der Waals surface area (Å²) in [6.07, 6.45) is 7.20. The third kappa shape index (κ3) is 3.24. The lowest BCUT2D eigenvalue weighted by Gasteiger charge is -2.18. The molecule has 0 unspecified atom stereocenters. The van der Waals surface area contributed by atoms with Crippen molar-refractivity contribution in [3.63, 3.8) is 0 Å². The highest BCUT2D eigenvalue weighted by Crippen LogP contribution is 2.41. The molecule has 1 aliphatic rings. The fourth-order valence-corrected chi connectivity index (χ4v) is 4.00. The number of fused-ring (bicyclic) bond motifs is 1. The number of alkyl halides is 1. The summed E-state index contributed by atoms with van der Waals surface area (Å²) in [6, 6.07) is 0. The van der Waals surface area contributed by atoms with Crippen molar-refractivity contribution in [3.05, 3.63) is 12.7 Å². The Morgan fingerprint density at radius 1 is 1.43 bits per heavy atom. The van der Waals surface area contributed by atoms with Crippen LogP contribution in [0.25, 0.3) is 11.2 Å². The van der Waals surface area contributed by atoms with E-state index in [0.29, 0.717) is 17.0 Å². The van der Waals surface area contributed by atoms with Gasteiger partial charge in [0.25, 0.3) is 0 Å². The number of aliphatic hydroxyl groups is 1. The van der Waals surface area contributed by atoms with Gasteiger partial charge in [-0.3, -0.25) is 4.57 Å². The molecular weight excluding hydrogens is 337 g/mol. The molecule has 126 valence electrons. The van der Waals surface area contributed by atoms with Crippen LogP contribution in [-0.2, 0) is 4.74 Å². The number of aliphatic hydroxyl groups excluding tert-OH is 1. The number of ether oxygens (including phenoxy) is 1. The summed E-state index contributed by atoms with van der Waals surface area (Å²) in [5.41, 5.74) is 6.85. The van der Waals surface area contributed by atoms with Crippen molar-refractivity contribution in [1.82, 2.24) is 19.5 Å². The van der Waals surface area contributed by atoms with Gasteiger partial charge in [0.1, 0.15) is 23.3 Å². The topological polar surface area (TPSA) is 99.1 Å². The summed E-state index contributed by atoms with van der Waals surface area (Å²) in [5.74, 6) is 0.304. The number of hydrogen-bond donors (Lipinski definition) is 2. The van der Waals surface area contributed by atoms with Crippen LogP contribution in [0.15, 0.2) is 12.7 Å². The molecule has 3 heterocycles. The lowest BCUT2D eigenvalue weighted by Crippen LogP contribution is -2.28. The van der Waals surface area contributed by atoms with Crippen LogP contribution in [-0.4, -0.2) is 68.0 Å². The van der Waals surface area contributed by atoms with E-state index in [2.05, 4.69) is 34.6 Å². The Kier molecular flexibility index (Phi) is 4.40. The van der Waals surface area contributed by atoms with Crippen molar-refractivity contribution in [1.29, 1.82) is 0 Å². The third-order valence-corrected chi connectivity index (χ3v) is 5.92. The number of nitrogens with two attached hydrogens (primary N) is 1. The van der Waals surface area contributed by atoms with E-state index in [-0.39, 0.29) is 6.10 Å². The molecule has 4 atom stereocenters. The molecule has 3 rings (SSSR count). The lowest BCUT2D eigenvalue weighted by molar-refractivity contribution is -0.0176. The van der Waals surface area contributed by atoms with E-state index in [1.807, 2.05) is 0 Å². The molecule has 1 saturated heterocycles. The Bertz CT molecular complexity index is 761. The number of nitrogens with zero attached hydrogens (tertiary/aromatic N) is 4. The number of imidazole rings is 1. The highest BCUT2D eigenvalue weighted by atomic mass is 35.5. The predicted octanol–water partition coefficient (Wildman–Crippen LogP) is 1.37. The van der Waals surface area contributed by atoms with E-state index >= 15 is 0 Å². The Morgan fingerprint density at radius 3 is 2.87 bits per heavy atom. The average Bonchev–Trinajstić information content (AvgIpc) is 3.01. The van der Waals surface area contributed by atoms with E-state index in [1.165, 1.54) is 6.33 Å². The van der Waals surface area contributed by atoms with Gasteiger partial charge in [0.2, 0.25) is 0 Å². The molecule has 0 saturated carbocycles. The SMILES string of the molecule is C=P(C)(C)CC[C@H]1O[C@@H](n2cnc3c(N)ncnc32)[C@H](Cl)[C@@H]1O. The van der Waals surface area contributed by atoms with E-state index in [1.54, 1.807) is 10.9 Å².